The largest absolute Gasteiger partial charge is 0.491 e. The van der Waals surface area contributed by atoms with Crippen molar-refractivity contribution in [2.75, 3.05) is 32.3 Å². The number of aromatic nitrogens is 2. The number of nitrogens with zero attached hydrogens (tertiary/aromatic N) is 4. The third-order valence-electron chi connectivity index (χ3n) is 9.67. The number of rotatable bonds is 14. The topological polar surface area (TPSA) is 144 Å². The van der Waals surface area contributed by atoms with Gasteiger partial charge in [0.05, 0.1) is 33.1 Å². The van der Waals surface area contributed by atoms with E-state index in [1.807, 2.05) is 30.3 Å². The number of hydrogen-bond donors (Lipinski definition) is 2. The molecule has 12 heteroatoms. The smallest absolute Gasteiger partial charge is 0.297 e. The summed E-state index contributed by atoms with van der Waals surface area (Å²) in [5.74, 6) is -1.26. The van der Waals surface area contributed by atoms with Crippen molar-refractivity contribution >= 4 is 17.5 Å². The molecule has 2 aromatic heterocycles. The Balaban J connectivity index is 1.31. The molecular formula is C42H42N4O8. The molecule has 2 amide bonds. The minimum atomic E-state index is -2.06. The highest BCUT2D eigenvalue weighted by atomic mass is 16.5. The van der Waals surface area contributed by atoms with Gasteiger partial charge in [0.25, 0.3) is 17.0 Å². The molecule has 0 spiro atoms. The molecule has 0 aliphatic carbocycles. The van der Waals surface area contributed by atoms with Crippen molar-refractivity contribution in [1.29, 1.82) is 0 Å². The van der Waals surface area contributed by atoms with E-state index in [0.29, 0.717) is 29.2 Å². The lowest BCUT2D eigenvalue weighted by Gasteiger charge is -2.28. The number of carbonyl (C=O) groups is 2. The van der Waals surface area contributed by atoms with Gasteiger partial charge in [0, 0.05) is 54.8 Å². The molecule has 5 aromatic rings. The molecule has 0 saturated heterocycles. The number of aliphatic hydroxyl groups excluding tert-OH is 1. The molecular weight excluding hydrogens is 688 g/mol. The van der Waals surface area contributed by atoms with Crippen LogP contribution in [0.2, 0.25) is 0 Å². The van der Waals surface area contributed by atoms with Gasteiger partial charge in [0.15, 0.2) is 17.1 Å². The normalized spacial score (nSPS) is 15.6. The first-order chi connectivity index (χ1) is 26.1. The average Bonchev–Trinajstić information content (AvgIpc) is 3.40. The number of hydrogen-bond acceptors (Lipinski definition) is 8. The van der Waals surface area contributed by atoms with Crippen molar-refractivity contribution in [3.05, 3.63) is 159 Å². The molecule has 0 radical (unpaired) electrons. The van der Waals surface area contributed by atoms with Crippen molar-refractivity contribution in [2.45, 2.75) is 32.0 Å². The Hall–Kier alpha value is -6.24. The molecule has 0 fully saturated rings. The van der Waals surface area contributed by atoms with E-state index in [2.05, 4.69) is 0 Å². The van der Waals surface area contributed by atoms with Gasteiger partial charge in [-0.2, -0.15) is 0 Å². The summed E-state index contributed by atoms with van der Waals surface area (Å²) in [6.07, 6.45) is 6.48. The van der Waals surface area contributed by atoms with E-state index in [4.69, 9.17) is 9.47 Å². The summed E-state index contributed by atoms with van der Waals surface area (Å²) in [6.45, 7) is 2.10. The van der Waals surface area contributed by atoms with Crippen LogP contribution in [0.3, 0.4) is 0 Å². The van der Waals surface area contributed by atoms with Crippen molar-refractivity contribution in [3.8, 4) is 22.9 Å². The van der Waals surface area contributed by atoms with Crippen molar-refractivity contribution < 1.29 is 29.3 Å². The van der Waals surface area contributed by atoms with Crippen LogP contribution in [0.5, 0.6) is 11.5 Å². The summed E-state index contributed by atoms with van der Waals surface area (Å²) in [7, 11) is 2.84. The zero-order valence-electron chi connectivity index (χ0n) is 30.3. The number of benzene rings is 3. The van der Waals surface area contributed by atoms with Gasteiger partial charge < -0.3 is 29.5 Å². The van der Waals surface area contributed by atoms with E-state index in [0.717, 1.165) is 11.1 Å². The highest BCUT2D eigenvalue weighted by molar-refractivity contribution is 6.07. The highest BCUT2D eigenvalue weighted by Gasteiger charge is 2.52. The van der Waals surface area contributed by atoms with E-state index >= 15 is 0 Å². The second kappa shape index (κ2) is 16.2. The summed E-state index contributed by atoms with van der Waals surface area (Å²) < 4.78 is 13.3. The maximum atomic E-state index is 14.4. The molecule has 3 heterocycles. The molecule has 1 aliphatic rings. The van der Waals surface area contributed by atoms with Crippen LogP contribution < -0.4 is 25.5 Å². The Bertz CT molecular complexity index is 2280. The number of fused-ring (bicyclic) bond motifs is 1. The van der Waals surface area contributed by atoms with Gasteiger partial charge in [-0.25, -0.2) is 0 Å². The van der Waals surface area contributed by atoms with Gasteiger partial charge >= 0.3 is 0 Å². The number of carbonyl (C=O) groups excluding carboxylic acids is 2. The van der Waals surface area contributed by atoms with Crippen LogP contribution in [0, 0.1) is 5.92 Å². The van der Waals surface area contributed by atoms with Crippen LogP contribution in [0.15, 0.2) is 131 Å². The Morgan fingerprint density at radius 2 is 1.43 bits per heavy atom. The van der Waals surface area contributed by atoms with Crippen LogP contribution in [0.4, 0.5) is 5.69 Å². The predicted octanol–water partition coefficient (Wildman–Crippen LogP) is 4.34. The minimum Gasteiger partial charge on any atom is -0.491 e. The van der Waals surface area contributed by atoms with Gasteiger partial charge in [0.2, 0.25) is 5.91 Å². The molecule has 54 heavy (non-hydrogen) atoms. The SMILES string of the molecule is COc1cccn(-c2ccc(CN3C(=O)[C@](O)([C@H](C)/C=C/CC(=O)N(CCO)Cc4ccccc4)c4cc(-n5cccc(OC)c5=O)ccc43)cc2)c1=O. The van der Waals surface area contributed by atoms with Crippen molar-refractivity contribution in [3.63, 3.8) is 0 Å². The first-order valence-corrected chi connectivity index (χ1v) is 17.5. The number of methoxy groups -OCH3 is 2. The van der Waals surface area contributed by atoms with Gasteiger partial charge in [-0.15, -0.1) is 0 Å². The maximum Gasteiger partial charge on any atom is 0.297 e. The van der Waals surface area contributed by atoms with Crippen LogP contribution in [0.25, 0.3) is 11.4 Å². The monoisotopic (exact) mass is 730 g/mol. The molecule has 6 rings (SSSR count). The van der Waals surface area contributed by atoms with Gasteiger partial charge in [-0.05, 0) is 65.7 Å². The molecule has 0 bridgehead atoms. The quantitative estimate of drug-likeness (QED) is 0.161. The number of anilines is 1. The van der Waals surface area contributed by atoms with E-state index in [1.165, 1.54) is 28.3 Å². The highest BCUT2D eigenvalue weighted by Crippen LogP contribution is 2.46. The maximum absolute atomic E-state index is 14.4. The molecule has 1 aliphatic heterocycles. The van der Waals surface area contributed by atoms with Crippen LogP contribution in [-0.4, -0.2) is 63.4 Å². The molecule has 278 valence electrons. The van der Waals surface area contributed by atoms with E-state index in [1.54, 1.807) is 103 Å². The molecule has 2 N–H and O–H groups in total. The van der Waals surface area contributed by atoms with E-state index < -0.39 is 23.0 Å². The summed E-state index contributed by atoms with van der Waals surface area (Å²) in [5, 5.41) is 22.1. The minimum absolute atomic E-state index is 0.0139. The van der Waals surface area contributed by atoms with Gasteiger partial charge in [-0.1, -0.05) is 61.5 Å². The molecule has 3 aromatic carbocycles. The van der Waals surface area contributed by atoms with Crippen molar-refractivity contribution in [2.24, 2.45) is 5.92 Å². The first kappa shape index (κ1) is 37.5. The molecule has 12 nitrogen and oxygen atoms in total. The Morgan fingerprint density at radius 1 is 0.815 bits per heavy atom. The second-order valence-electron chi connectivity index (χ2n) is 13.0. The van der Waals surface area contributed by atoms with E-state index in [9.17, 15) is 29.4 Å². The fourth-order valence-electron chi connectivity index (χ4n) is 6.71. The average molecular weight is 731 g/mol. The van der Waals surface area contributed by atoms with E-state index in [-0.39, 0.29) is 49.1 Å². The Labute approximate surface area is 312 Å². The summed E-state index contributed by atoms with van der Waals surface area (Å²) in [5.41, 5.74) is 0.674. The lowest BCUT2D eigenvalue weighted by atomic mass is 9.82. The standard InChI is InChI=1S/C42H42N4O8/c1-29(10-7-15-38(48)43(24-25-47)27-30-11-5-4-6-12-30)42(52)34-26-33(45-23-9-14-37(54-3)40(45)50)20-21-35(34)46(41(42)51)28-31-16-18-32(19-17-31)44-22-8-13-36(53-2)39(44)49/h4-14,16-23,26,29,47,52H,15,24-25,27-28H2,1-3H3/b10-7+/t29-,42+/m1/s1. The molecule has 0 unspecified atom stereocenters. The third-order valence-corrected chi connectivity index (χ3v) is 9.67. The van der Waals surface area contributed by atoms with Gasteiger partial charge in [-0.3, -0.25) is 28.3 Å². The Morgan fingerprint density at radius 3 is 2.04 bits per heavy atom. The summed E-state index contributed by atoms with van der Waals surface area (Å²) in [4.78, 5) is 56.7. The third kappa shape index (κ3) is 7.34. The number of aliphatic hydroxyl groups is 2. The number of amides is 2. The fourth-order valence-corrected chi connectivity index (χ4v) is 6.71. The van der Waals surface area contributed by atoms with Crippen LogP contribution >= 0.6 is 0 Å². The van der Waals surface area contributed by atoms with Crippen LogP contribution in [-0.2, 0) is 28.3 Å². The Kier molecular flexibility index (Phi) is 11.2. The first-order valence-electron chi connectivity index (χ1n) is 17.5. The summed E-state index contributed by atoms with van der Waals surface area (Å²) in [6, 6.07) is 28.2. The molecule has 0 saturated carbocycles. The number of pyridine rings is 2. The van der Waals surface area contributed by atoms with Gasteiger partial charge in [0.1, 0.15) is 0 Å². The number of ether oxygens (including phenoxy) is 2. The lowest BCUT2D eigenvalue weighted by Crippen LogP contribution is -2.44. The zero-order chi connectivity index (χ0) is 38.4. The summed E-state index contributed by atoms with van der Waals surface area (Å²) >= 11 is 0. The zero-order valence-corrected chi connectivity index (χ0v) is 30.3. The fraction of sp³-hybridized carbons (Fsp3) is 0.238. The molecule has 2 atom stereocenters. The lowest BCUT2D eigenvalue weighted by molar-refractivity contribution is -0.139. The predicted molar refractivity (Wildman–Crippen MR) is 204 cm³/mol. The second-order valence-corrected chi connectivity index (χ2v) is 13.0. The van der Waals surface area contributed by atoms with Crippen LogP contribution in [0.1, 0.15) is 30.0 Å². The van der Waals surface area contributed by atoms with Crippen molar-refractivity contribution in [1.82, 2.24) is 14.0 Å².